The maximum Gasteiger partial charge on any atom is 0.0576 e. The van der Waals surface area contributed by atoms with Crippen molar-refractivity contribution < 1.29 is 9.47 Å². The van der Waals surface area contributed by atoms with E-state index in [1.807, 2.05) is 0 Å². The number of hydrogen-bond donors (Lipinski definition) is 0. The molecule has 4 atom stereocenters. The quantitative estimate of drug-likeness (QED) is 0.626. The Balaban J connectivity index is 0.000000220. The maximum absolute atomic E-state index is 5.62. The van der Waals surface area contributed by atoms with Crippen LogP contribution < -0.4 is 0 Å². The molecule has 2 aliphatic heterocycles. The van der Waals surface area contributed by atoms with Crippen molar-refractivity contribution in [2.75, 3.05) is 13.2 Å². The van der Waals surface area contributed by atoms with Crippen molar-refractivity contribution in [1.29, 1.82) is 0 Å². The zero-order chi connectivity index (χ0) is 16.5. The molecule has 4 unspecified atom stereocenters. The Labute approximate surface area is 139 Å². The largest absolute Gasteiger partial charge is 0.378 e. The van der Waals surface area contributed by atoms with Crippen molar-refractivity contribution in [2.45, 2.75) is 92.3 Å². The first-order chi connectivity index (χ1) is 10.4. The summed E-state index contributed by atoms with van der Waals surface area (Å²) in [5.74, 6) is 3.36. The van der Waals surface area contributed by atoms with Crippen LogP contribution in [0, 0.1) is 23.7 Å². The first-order valence-corrected chi connectivity index (χ1v) is 9.67. The average molecular weight is 313 g/mol. The van der Waals surface area contributed by atoms with Gasteiger partial charge >= 0.3 is 0 Å². The molecule has 0 amide bonds. The highest BCUT2D eigenvalue weighted by Crippen LogP contribution is 2.27. The highest BCUT2D eigenvalue weighted by atomic mass is 16.5. The molecule has 2 fully saturated rings. The van der Waals surface area contributed by atoms with Gasteiger partial charge in [-0.1, -0.05) is 41.5 Å². The summed E-state index contributed by atoms with van der Waals surface area (Å²) < 4.78 is 11.2. The maximum atomic E-state index is 5.62. The molecular formula is C20H40O2. The molecule has 0 radical (unpaired) electrons. The van der Waals surface area contributed by atoms with Gasteiger partial charge in [-0.3, -0.25) is 0 Å². The Bertz CT molecular complexity index is 247. The molecule has 2 nitrogen and oxygen atoms in total. The topological polar surface area (TPSA) is 18.5 Å². The Morgan fingerprint density at radius 1 is 0.727 bits per heavy atom. The van der Waals surface area contributed by atoms with Gasteiger partial charge in [-0.2, -0.15) is 0 Å². The zero-order valence-electron chi connectivity index (χ0n) is 15.9. The smallest absolute Gasteiger partial charge is 0.0576 e. The lowest BCUT2D eigenvalue weighted by Gasteiger charge is -2.09. The summed E-state index contributed by atoms with van der Waals surface area (Å²) in [7, 11) is 0. The predicted octanol–water partition coefficient (Wildman–Crippen LogP) is 5.70. The van der Waals surface area contributed by atoms with Crippen LogP contribution in [0.4, 0.5) is 0 Å². The van der Waals surface area contributed by atoms with Crippen molar-refractivity contribution in [3.63, 3.8) is 0 Å². The van der Waals surface area contributed by atoms with E-state index in [4.69, 9.17) is 9.47 Å². The van der Waals surface area contributed by atoms with Crippen LogP contribution in [0.25, 0.3) is 0 Å². The second-order valence-corrected chi connectivity index (χ2v) is 8.19. The molecule has 0 saturated carbocycles. The third-order valence-corrected chi connectivity index (χ3v) is 4.85. The number of rotatable bonds is 6. The van der Waals surface area contributed by atoms with Gasteiger partial charge in [0.2, 0.25) is 0 Å². The molecule has 0 spiro atoms. The lowest BCUT2D eigenvalue weighted by atomic mass is 9.94. The average Bonchev–Trinajstić information content (AvgIpc) is 3.07. The Kier molecular flexibility index (Phi) is 9.66. The van der Waals surface area contributed by atoms with Crippen molar-refractivity contribution in [1.82, 2.24) is 0 Å². The van der Waals surface area contributed by atoms with Crippen molar-refractivity contribution in [3.8, 4) is 0 Å². The molecule has 0 aliphatic carbocycles. The summed E-state index contributed by atoms with van der Waals surface area (Å²) in [6.07, 6.45) is 8.80. The lowest BCUT2D eigenvalue weighted by molar-refractivity contribution is 0.102. The van der Waals surface area contributed by atoms with Crippen molar-refractivity contribution in [2.24, 2.45) is 23.7 Å². The highest BCUT2D eigenvalue weighted by Gasteiger charge is 2.24. The SMILES string of the molecule is CCC1CC(CC(C)C)CO1.CCC1CC(CC(C)C)CO1. The molecule has 2 saturated heterocycles. The van der Waals surface area contributed by atoms with Crippen LogP contribution in [0.5, 0.6) is 0 Å². The molecule has 0 aromatic carbocycles. The van der Waals surface area contributed by atoms with Gasteiger partial charge in [-0.25, -0.2) is 0 Å². The normalized spacial score (nSPS) is 31.6. The second-order valence-electron chi connectivity index (χ2n) is 8.19. The van der Waals surface area contributed by atoms with Gasteiger partial charge in [-0.15, -0.1) is 0 Å². The second kappa shape index (κ2) is 10.6. The van der Waals surface area contributed by atoms with Crippen LogP contribution in [-0.4, -0.2) is 25.4 Å². The summed E-state index contributed by atoms with van der Waals surface area (Å²) in [4.78, 5) is 0. The predicted molar refractivity (Wildman–Crippen MR) is 95.2 cm³/mol. The zero-order valence-corrected chi connectivity index (χ0v) is 15.9. The van der Waals surface area contributed by atoms with Crippen LogP contribution in [0.15, 0.2) is 0 Å². The fourth-order valence-electron chi connectivity index (χ4n) is 3.79. The summed E-state index contributed by atoms with van der Waals surface area (Å²) in [6.45, 7) is 15.6. The first kappa shape index (κ1) is 20.0. The lowest BCUT2D eigenvalue weighted by Crippen LogP contribution is -2.04. The fraction of sp³-hybridized carbons (Fsp3) is 1.00. The van der Waals surface area contributed by atoms with Crippen LogP contribution >= 0.6 is 0 Å². The van der Waals surface area contributed by atoms with E-state index < -0.39 is 0 Å². The highest BCUT2D eigenvalue weighted by molar-refractivity contribution is 4.74. The van der Waals surface area contributed by atoms with Crippen LogP contribution in [0.2, 0.25) is 0 Å². The van der Waals surface area contributed by atoms with E-state index in [0.717, 1.165) is 36.9 Å². The monoisotopic (exact) mass is 312 g/mol. The molecule has 132 valence electrons. The molecule has 2 aliphatic rings. The minimum Gasteiger partial charge on any atom is -0.378 e. The van der Waals surface area contributed by atoms with Gasteiger partial charge in [0.25, 0.3) is 0 Å². The van der Waals surface area contributed by atoms with Gasteiger partial charge in [-0.05, 0) is 62.2 Å². The van der Waals surface area contributed by atoms with E-state index >= 15 is 0 Å². The molecule has 2 heteroatoms. The Morgan fingerprint density at radius 2 is 1.09 bits per heavy atom. The standard InChI is InChI=1S/2C10H20O/c2*1-4-10-6-9(7-11-10)5-8(2)3/h2*8-10H,4-7H2,1-3H3. The van der Waals surface area contributed by atoms with Gasteiger partial charge < -0.3 is 9.47 Å². The fourth-order valence-corrected chi connectivity index (χ4v) is 3.79. The van der Waals surface area contributed by atoms with Crippen LogP contribution in [0.3, 0.4) is 0 Å². The summed E-state index contributed by atoms with van der Waals surface area (Å²) in [6, 6.07) is 0. The first-order valence-electron chi connectivity index (χ1n) is 9.67. The summed E-state index contributed by atoms with van der Waals surface area (Å²) >= 11 is 0. The molecule has 0 bridgehead atoms. The minimum absolute atomic E-state index is 0.568. The van der Waals surface area contributed by atoms with Crippen LogP contribution in [0.1, 0.15) is 80.1 Å². The van der Waals surface area contributed by atoms with Gasteiger partial charge in [0.15, 0.2) is 0 Å². The Morgan fingerprint density at radius 3 is 1.32 bits per heavy atom. The third-order valence-electron chi connectivity index (χ3n) is 4.85. The molecule has 0 N–H and O–H groups in total. The molecule has 0 aromatic heterocycles. The minimum atomic E-state index is 0.568. The van der Waals surface area contributed by atoms with Gasteiger partial charge in [0.1, 0.15) is 0 Å². The van der Waals surface area contributed by atoms with E-state index in [2.05, 4.69) is 41.5 Å². The van der Waals surface area contributed by atoms with Crippen LogP contribution in [-0.2, 0) is 9.47 Å². The molecular weight excluding hydrogens is 272 g/mol. The van der Waals surface area contributed by atoms with E-state index in [1.165, 1.54) is 38.5 Å². The molecule has 0 aromatic rings. The van der Waals surface area contributed by atoms with Gasteiger partial charge in [0.05, 0.1) is 12.2 Å². The summed E-state index contributed by atoms with van der Waals surface area (Å²) in [5.41, 5.74) is 0. The number of hydrogen-bond acceptors (Lipinski definition) is 2. The Hall–Kier alpha value is -0.0800. The van der Waals surface area contributed by atoms with Crippen molar-refractivity contribution in [3.05, 3.63) is 0 Å². The summed E-state index contributed by atoms with van der Waals surface area (Å²) in [5, 5.41) is 0. The van der Waals surface area contributed by atoms with E-state index in [0.29, 0.717) is 12.2 Å². The third kappa shape index (κ3) is 7.97. The van der Waals surface area contributed by atoms with Crippen molar-refractivity contribution >= 4 is 0 Å². The molecule has 2 rings (SSSR count). The van der Waals surface area contributed by atoms with E-state index in [-0.39, 0.29) is 0 Å². The number of ether oxygens (including phenoxy) is 2. The molecule has 22 heavy (non-hydrogen) atoms. The molecule has 2 heterocycles. The van der Waals surface area contributed by atoms with E-state index in [9.17, 15) is 0 Å². The van der Waals surface area contributed by atoms with E-state index in [1.54, 1.807) is 0 Å². The van der Waals surface area contributed by atoms with Gasteiger partial charge in [0, 0.05) is 13.2 Å².